The Kier molecular flexibility index (Phi) is 9.42. The Balaban J connectivity index is 1.60. The summed E-state index contributed by atoms with van der Waals surface area (Å²) in [6.45, 7) is 3.33. The van der Waals surface area contributed by atoms with Gasteiger partial charge in [-0.3, -0.25) is 4.52 Å². The third kappa shape index (κ3) is 10.2. The summed E-state index contributed by atoms with van der Waals surface area (Å²) in [6.07, 6.45) is 10.2. The van der Waals surface area contributed by atoms with Crippen LogP contribution in [0.1, 0.15) is 61.6 Å². The Morgan fingerprint density at radius 1 is 1.22 bits per heavy atom. The SMILES string of the molecule is CC(N)(CCc1ccc(CCCOCC2CCCCC2)s1)COP(=O)(O)O. The molecule has 4 N–H and O–H groups in total. The molecule has 1 unspecified atom stereocenters. The van der Waals surface area contributed by atoms with Crippen LogP contribution in [-0.4, -0.2) is 35.1 Å². The van der Waals surface area contributed by atoms with Crippen molar-refractivity contribution in [1.29, 1.82) is 0 Å². The van der Waals surface area contributed by atoms with Gasteiger partial charge in [-0.05, 0) is 63.5 Å². The molecular formula is C19H34NO5PS. The molecule has 1 aliphatic rings. The maximum absolute atomic E-state index is 10.8. The van der Waals surface area contributed by atoms with Crippen molar-refractivity contribution in [2.45, 2.75) is 70.3 Å². The van der Waals surface area contributed by atoms with E-state index in [0.29, 0.717) is 6.42 Å². The third-order valence-corrected chi connectivity index (χ3v) is 6.68. The fraction of sp³-hybridized carbons (Fsp3) is 0.789. The van der Waals surface area contributed by atoms with E-state index in [4.69, 9.17) is 20.3 Å². The standard InChI is InChI=1S/C19H34NO5PS/c1-19(20,15-25-26(21,22)23)12-11-18-10-9-17(27-18)8-5-13-24-14-16-6-3-2-4-7-16/h9-10,16H,2-8,11-15,20H2,1H3,(H2,21,22,23). The minimum atomic E-state index is -4.47. The highest BCUT2D eigenvalue weighted by Gasteiger charge is 2.24. The summed E-state index contributed by atoms with van der Waals surface area (Å²) < 4.78 is 21.2. The van der Waals surface area contributed by atoms with Crippen LogP contribution in [0.4, 0.5) is 0 Å². The lowest BCUT2D eigenvalue weighted by atomic mass is 9.90. The summed E-state index contributed by atoms with van der Waals surface area (Å²) in [5, 5.41) is 0. The summed E-state index contributed by atoms with van der Waals surface area (Å²) >= 11 is 1.78. The molecule has 1 aliphatic carbocycles. The second kappa shape index (κ2) is 11.1. The maximum atomic E-state index is 10.8. The van der Waals surface area contributed by atoms with Crippen molar-refractivity contribution in [3.63, 3.8) is 0 Å². The van der Waals surface area contributed by atoms with Gasteiger partial charge in [0.1, 0.15) is 0 Å². The highest BCUT2D eigenvalue weighted by Crippen LogP contribution is 2.37. The largest absolute Gasteiger partial charge is 0.469 e. The Morgan fingerprint density at radius 3 is 2.56 bits per heavy atom. The molecule has 0 aliphatic heterocycles. The molecule has 1 aromatic rings. The van der Waals surface area contributed by atoms with Gasteiger partial charge in [-0.1, -0.05) is 19.3 Å². The number of nitrogens with two attached hydrogens (primary N) is 1. The van der Waals surface area contributed by atoms with Gasteiger partial charge in [-0.25, -0.2) is 4.57 Å². The van der Waals surface area contributed by atoms with Crippen LogP contribution in [0.15, 0.2) is 12.1 Å². The van der Waals surface area contributed by atoms with Crippen molar-refractivity contribution >= 4 is 19.2 Å². The molecular weight excluding hydrogens is 385 g/mol. The first-order valence-corrected chi connectivity index (χ1v) is 12.2. The molecule has 0 spiro atoms. The maximum Gasteiger partial charge on any atom is 0.469 e. The lowest BCUT2D eigenvalue weighted by Crippen LogP contribution is -2.41. The number of phosphoric ester groups is 1. The number of aryl methyl sites for hydroxylation is 2. The monoisotopic (exact) mass is 419 g/mol. The second-order valence-corrected chi connectivity index (χ2v) is 10.5. The van der Waals surface area contributed by atoms with Crippen LogP contribution in [0.3, 0.4) is 0 Å². The number of phosphoric acid groups is 1. The number of rotatable bonds is 12. The summed E-state index contributed by atoms with van der Waals surface area (Å²) in [6, 6.07) is 4.27. The van der Waals surface area contributed by atoms with E-state index in [2.05, 4.69) is 16.7 Å². The fourth-order valence-electron chi connectivity index (χ4n) is 3.36. The highest BCUT2D eigenvalue weighted by molar-refractivity contribution is 7.46. The lowest BCUT2D eigenvalue weighted by Gasteiger charge is -2.24. The number of ether oxygens (including phenoxy) is 1. The quantitative estimate of drug-likeness (QED) is 0.349. The topological polar surface area (TPSA) is 102 Å². The average Bonchev–Trinajstić information content (AvgIpc) is 3.07. The van der Waals surface area contributed by atoms with E-state index in [0.717, 1.165) is 38.4 Å². The molecule has 1 fully saturated rings. The third-order valence-electron chi connectivity index (χ3n) is 5.01. The molecule has 6 nitrogen and oxygen atoms in total. The van der Waals surface area contributed by atoms with Crippen molar-refractivity contribution in [2.24, 2.45) is 11.7 Å². The first kappa shape index (κ1) is 23.0. The molecule has 1 saturated carbocycles. The van der Waals surface area contributed by atoms with Crippen molar-refractivity contribution in [3.05, 3.63) is 21.9 Å². The van der Waals surface area contributed by atoms with E-state index in [1.54, 1.807) is 18.3 Å². The zero-order valence-electron chi connectivity index (χ0n) is 16.3. The summed E-state index contributed by atoms with van der Waals surface area (Å²) in [7, 11) is -4.47. The Bertz CT molecular complexity index is 595. The second-order valence-electron chi connectivity index (χ2n) is 7.97. The molecule has 1 atom stereocenters. The van der Waals surface area contributed by atoms with E-state index >= 15 is 0 Å². The zero-order valence-corrected chi connectivity index (χ0v) is 18.0. The molecule has 2 rings (SSSR count). The van der Waals surface area contributed by atoms with Crippen LogP contribution in [0.25, 0.3) is 0 Å². The van der Waals surface area contributed by atoms with Crippen LogP contribution in [0, 0.1) is 5.92 Å². The number of hydrogen-bond donors (Lipinski definition) is 3. The van der Waals surface area contributed by atoms with Gasteiger partial charge in [0, 0.05) is 28.5 Å². The summed E-state index contributed by atoms with van der Waals surface area (Å²) in [5.74, 6) is 0.771. The average molecular weight is 420 g/mol. The van der Waals surface area contributed by atoms with Crippen LogP contribution in [-0.2, 0) is 26.7 Å². The predicted molar refractivity (Wildman–Crippen MR) is 109 cm³/mol. The Hall–Kier alpha value is -0.270. The summed E-state index contributed by atoms with van der Waals surface area (Å²) in [4.78, 5) is 20.2. The van der Waals surface area contributed by atoms with Crippen LogP contribution in [0.5, 0.6) is 0 Å². The fourth-order valence-corrected chi connectivity index (χ4v) is 4.88. The van der Waals surface area contributed by atoms with Gasteiger partial charge in [0.05, 0.1) is 6.61 Å². The number of thiophene rings is 1. The van der Waals surface area contributed by atoms with Crippen LogP contribution < -0.4 is 5.73 Å². The van der Waals surface area contributed by atoms with Crippen molar-refractivity contribution < 1.29 is 23.6 Å². The van der Waals surface area contributed by atoms with Gasteiger partial charge < -0.3 is 20.3 Å². The van der Waals surface area contributed by atoms with Gasteiger partial charge >= 0.3 is 7.82 Å². The van der Waals surface area contributed by atoms with Crippen LogP contribution in [0.2, 0.25) is 0 Å². The predicted octanol–water partition coefficient (Wildman–Crippen LogP) is 4.04. The first-order chi connectivity index (χ1) is 12.7. The first-order valence-electron chi connectivity index (χ1n) is 9.88. The van der Waals surface area contributed by atoms with E-state index in [1.165, 1.54) is 41.9 Å². The molecule has 0 radical (unpaired) electrons. The van der Waals surface area contributed by atoms with E-state index < -0.39 is 13.4 Å². The molecule has 156 valence electrons. The minimum Gasteiger partial charge on any atom is -0.381 e. The Labute approximate surface area is 166 Å². The zero-order chi connectivity index (χ0) is 19.8. The van der Waals surface area contributed by atoms with E-state index in [-0.39, 0.29) is 6.61 Å². The minimum absolute atomic E-state index is 0.159. The molecule has 0 aromatic carbocycles. The molecule has 27 heavy (non-hydrogen) atoms. The van der Waals surface area contributed by atoms with Crippen molar-refractivity contribution in [3.8, 4) is 0 Å². The molecule has 0 amide bonds. The summed E-state index contributed by atoms with van der Waals surface area (Å²) in [5.41, 5.74) is 5.31. The van der Waals surface area contributed by atoms with Crippen molar-refractivity contribution in [2.75, 3.05) is 19.8 Å². The Morgan fingerprint density at radius 2 is 1.89 bits per heavy atom. The molecule has 1 heterocycles. The number of hydrogen-bond acceptors (Lipinski definition) is 5. The van der Waals surface area contributed by atoms with E-state index in [9.17, 15) is 4.57 Å². The van der Waals surface area contributed by atoms with Gasteiger partial charge in [-0.15, -0.1) is 11.3 Å². The van der Waals surface area contributed by atoms with Crippen molar-refractivity contribution in [1.82, 2.24) is 0 Å². The molecule has 1 aromatic heterocycles. The van der Waals surface area contributed by atoms with Gasteiger partial charge in [-0.2, -0.15) is 0 Å². The smallest absolute Gasteiger partial charge is 0.381 e. The lowest BCUT2D eigenvalue weighted by molar-refractivity contribution is 0.0839. The van der Waals surface area contributed by atoms with E-state index in [1.807, 2.05) is 0 Å². The van der Waals surface area contributed by atoms with Gasteiger partial charge in [0.2, 0.25) is 0 Å². The normalized spacial score (nSPS) is 18.5. The molecule has 0 bridgehead atoms. The molecule has 8 heteroatoms. The molecule has 0 saturated heterocycles. The van der Waals surface area contributed by atoms with Gasteiger partial charge in [0.25, 0.3) is 0 Å². The van der Waals surface area contributed by atoms with Gasteiger partial charge in [0.15, 0.2) is 0 Å². The van der Waals surface area contributed by atoms with Crippen LogP contribution >= 0.6 is 19.2 Å². The highest BCUT2D eigenvalue weighted by atomic mass is 32.1.